The van der Waals surface area contributed by atoms with E-state index in [1.165, 1.54) is 17.8 Å². The molecule has 2 aromatic heterocycles. The first-order valence-corrected chi connectivity index (χ1v) is 13.2. The SMILES string of the molecule is CCOC(=O)CC1CN=C(c2cc3cccc(N(CCF)S(=O)(=O)c4cccs4)c3[nH]2)S1. The second kappa shape index (κ2) is 9.63. The summed E-state index contributed by atoms with van der Waals surface area (Å²) in [5.74, 6) is -0.249. The van der Waals surface area contributed by atoms with Crippen LogP contribution in [0, 0.1) is 0 Å². The smallest absolute Gasteiger partial charge is 0.306 e. The lowest BCUT2D eigenvalue weighted by Crippen LogP contribution is -2.32. The molecule has 0 saturated heterocycles. The number of aromatic amines is 1. The predicted molar refractivity (Wildman–Crippen MR) is 127 cm³/mol. The van der Waals surface area contributed by atoms with Crippen LogP contribution in [0.2, 0.25) is 0 Å². The Morgan fingerprint density at radius 2 is 2.19 bits per heavy atom. The molecule has 0 aliphatic carbocycles. The minimum Gasteiger partial charge on any atom is -0.466 e. The summed E-state index contributed by atoms with van der Waals surface area (Å²) >= 11 is 2.58. The molecule has 0 radical (unpaired) electrons. The third-order valence-electron chi connectivity index (χ3n) is 4.88. The van der Waals surface area contributed by atoms with E-state index in [4.69, 9.17) is 4.74 Å². The number of hydrogen-bond donors (Lipinski definition) is 1. The molecule has 3 heterocycles. The summed E-state index contributed by atoms with van der Waals surface area (Å²) in [6, 6.07) is 10.3. The van der Waals surface area contributed by atoms with Gasteiger partial charge in [-0.2, -0.15) is 0 Å². The molecule has 1 aliphatic heterocycles. The first-order chi connectivity index (χ1) is 15.4. The van der Waals surface area contributed by atoms with E-state index in [0.717, 1.165) is 31.8 Å². The molecule has 1 unspecified atom stereocenters. The molecule has 3 aromatic rings. The maximum absolute atomic E-state index is 13.4. The maximum atomic E-state index is 13.4. The number of sulfonamides is 1. The molecule has 0 bridgehead atoms. The molecular formula is C21H22FN3O4S3. The van der Waals surface area contributed by atoms with E-state index in [9.17, 15) is 17.6 Å². The predicted octanol–water partition coefficient (Wildman–Crippen LogP) is 4.21. The number of carbonyl (C=O) groups is 1. The third-order valence-corrected chi connectivity index (χ3v) is 9.28. The molecule has 1 aromatic carbocycles. The zero-order valence-electron chi connectivity index (χ0n) is 17.3. The fourth-order valence-corrected chi connectivity index (χ4v) is 7.14. The van der Waals surface area contributed by atoms with Gasteiger partial charge >= 0.3 is 5.97 Å². The van der Waals surface area contributed by atoms with Crippen LogP contribution in [0.5, 0.6) is 0 Å². The van der Waals surface area contributed by atoms with Gasteiger partial charge in [-0.3, -0.25) is 14.1 Å². The highest BCUT2D eigenvalue weighted by atomic mass is 32.2. The number of para-hydroxylation sites is 1. The maximum Gasteiger partial charge on any atom is 0.306 e. The summed E-state index contributed by atoms with van der Waals surface area (Å²) in [6.07, 6.45) is 0.278. The normalized spacial score (nSPS) is 16.3. The third kappa shape index (κ3) is 4.55. The lowest BCUT2D eigenvalue weighted by Gasteiger charge is -2.23. The summed E-state index contributed by atoms with van der Waals surface area (Å²) in [5.41, 5.74) is 1.71. The van der Waals surface area contributed by atoms with Crippen molar-refractivity contribution in [2.75, 3.05) is 30.7 Å². The number of halogens is 1. The van der Waals surface area contributed by atoms with Gasteiger partial charge in [0, 0.05) is 10.6 Å². The second-order valence-electron chi connectivity index (χ2n) is 7.02. The Bertz CT molecular complexity index is 1240. The zero-order valence-corrected chi connectivity index (χ0v) is 19.7. The Kier molecular flexibility index (Phi) is 6.87. The number of aromatic nitrogens is 1. The van der Waals surface area contributed by atoms with Crippen molar-refractivity contribution in [2.24, 2.45) is 4.99 Å². The molecule has 11 heteroatoms. The molecule has 1 aliphatic rings. The van der Waals surface area contributed by atoms with Crippen LogP contribution in [0.3, 0.4) is 0 Å². The molecule has 32 heavy (non-hydrogen) atoms. The monoisotopic (exact) mass is 495 g/mol. The molecule has 7 nitrogen and oxygen atoms in total. The Balaban J connectivity index is 1.64. The fourth-order valence-electron chi connectivity index (χ4n) is 3.51. The van der Waals surface area contributed by atoms with Gasteiger partial charge in [-0.25, -0.2) is 12.8 Å². The van der Waals surface area contributed by atoms with Crippen LogP contribution in [-0.4, -0.2) is 56.0 Å². The van der Waals surface area contributed by atoms with Crippen molar-refractivity contribution in [3.8, 4) is 0 Å². The van der Waals surface area contributed by atoms with Crippen molar-refractivity contribution >= 4 is 60.7 Å². The Morgan fingerprint density at radius 3 is 2.91 bits per heavy atom. The Hall–Kier alpha value is -2.37. The lowest BCUT2D eigenvalue weighted by molar-refractivity contribution is -0.143. The summed E-state index contributed by atoms with van der Waals surface area (Å²) in [4.78, 5) is 19.6. The number of alkyl halides is 1. The van der Waals surface area contributed by atoms with Crippen molar-refractivity contribution in [1.29, 1.82) is 0 Å². The number of ether oxygens (including phenoxy) is 1. The average Bonchev–Trinajstić information content (AvgIpc) is 3.52. The van der Waals surface area contributed by atoms with Crippen molar-refractivity contribution in [3.63, 3.8) is 0 Å². The molecule has 0 saturated carbocycles. The summed E-state index contributed by atoms with van der Waals surface area (Å²) in [5, 5.41) is 3.22. The average molecular weight is 496 g/mol. The van der Waals surface area contributed by atoms with Crippen LogP contribution in [0.15, 0.2) is 51.0 Å². The van der Waals surface area contributed by atoms with Gasteiger partial charge in [0.25, 0.3) is 10.0 Å². The summed E-state index contributed by atoms with van der Waals surface area (Å²) in [7, 11) is -3.90. The number of H-pyrrole nitrogens is 1. The van der Waals surface area contributed by atoms with Crippen LogP contribution < -0.4 is 4.31 Å². The van der Waals surface area contributed by atoms with Crippen LogP contribution >= 0.6 is 23.1 Å². The number of thiophene rings is 1. The Labute approximate surface area is 193 Å². The number of esters is 1. The lowest BCUT2D eigenvalue weighted by atomic mass is 10.2. The second-order valence-corrected chi connectivity index (χ2v) is 11.3. The van der Waals surface area contributed by atoms with E-state index in [2.05, 4.69) is 9.98 Å². The van der Waals surface area contributed by atoms with Crippen LogP contribution in [-0.2, 0) is 19.6 Å². The van der Waals surface area contributed by atoms with Gasteiger partial charge < -0.3 is 9.72 Å². The number of anilines is 1. The highest BCUT2D eigenvalue weighted by molar-refractivity contribution is 8.15. The van der Waals surface area contributed by atoms with Crippen molar-refractivity contribution in [1.82, 2.24) is 4.98 Å². The molecule has 0 spiro atoms. The van der Waals surface area contributed by atoms with E-state index < -0.39 is 16.7 Å². The number of carbonyl (C=O) groups excluding carboxylic acids is 1. The number of benzene rings is 1. The standard InChI is InChI=1S/C21H22FN3O4S3/c1-2-29-18(26)12-15-13-23-21(31-15)16-11-14-5-3-6-17(20(14)24-16)25(9-8-22)32(27,28)19-7-4-10-30-19/h3-7,10-11,15,24H,2,8-9,12-13H2,1H3. The first kappa shape index (κ1) is 22.8. The highest BCUT2D eigenvalue weighted by Gasteiger charge is 2.29. The zero-order chi connectivity index (χ0) is 22.7. The minimum atomic E-state index is -3.90. The number of hydrogen-bond acceptors (Lipinski definition) is 7. The fraction of sp³-hybridized carbons (Fsp3) is 0.333. The van der Waals surface area contributed by atoms with E-state index >= 15 is 0 Å². The summed E-state index contributed by atoms with van der Waals surface area (Å²) in [6.45, 7) is 1.52. The molecular weight excluding hydrogens is 473 g/mol. The molecule has 1 atom stereocenters. The van der Waals surface area contributed by atoms with Gasteiger partial charge in [-0.15, -0.1) is 11.3 Å². The van der Waals surface area contributed by atoms with Gasteiger partial charge in [0.15, 0.2) is 0 Å². The van der Waals surface area contributed by atoms with Crippen LogP contribution in [0.25, 0.3) is 10.9 Å². The van der Waals surface area contributed by atoms with E-state index in [-0.39, 0.29) is 28.4 Å². The highest BCUT2D eigenvalue weighted by Crippen LogP contribution is 2.35. The largest absolute Gasteiger partial charge is 0.466 e. The van der Waals surface area contributed by atoms with Gasteiger partial charge in [-0.05, 0) is 30.5 Å². The molecule has 0 fully saturated rings. The summed E-state index contributed by atoms with van der Waals surface area (Å²) < 4.78 is 46.0. The van der Waals surface area contributed by atoms with Crippen molar-refractivity contribution < 1.29 is 22.3 Å². The topological polar surface area (TPSA) is 91.8 Å². The molecule has 1 N–H and O–H groups in total. The van der Waals surface area contributed by atoms with Crippen molar-refractivity contribution in [3.05, 3.63) is 47.5 Å². The van der Waals surface area contributed by atoms with Crippen LogP contribution in [0.1, 0.15) is 19.0 Å². The minimum absolute atomic E-state index is 0.00262. The number of nitrogens with zero attached hydrogens (tertiary/aromatic N) is 2. The Morgan fingerprint density at radius 1 is 1.34 bits per heavy atom. The van der Waals surface area contributed by atoms with Crippen LogP contribution in [0.4, 0.5) is 10.1 Å². The molecule has 170 valence electrons. The van der Waals surface area contributed by atoms with E-state index in [0.29, 0.717) is 24.4 Å². The van der Waals surface area contributed by atoms with Gasteiger partial charge in [0.1, 0.15) is 15.9 Å². The van der Waals surface area contributed by atoms with E-state index in [1.54, 1.807) is 30.5 Å². The number of fused-ring (bicyclic) bond motifs is 1. The molecule has 0 amide bonds. The van der Waals surface area contributed by atoms with Crippen molar-refractivity contribution in [2.45, 2.75) is 22.8 Å². The number of aliphatic imine (C=N–C) groups is 1. The quantitative estimate of drug-likeness (QED) is 0.449. The van der Waals surface area contributed by atoms with E-state index in [1.807, 2.05) is 12.1 Å². The van der Waals surface area contributed by atoms with Gasteiger partial charge in [-0.1, -0.05) is 30.0 Å². The number of rotatable bonds is 9. The van der Waals surface area contributed by atoms with Gasteiger partial charge in [0.05, 0.1) is 43.0 Å². The molecule has 4 rings (SSSR count). The van der Waals surface area contributed by atoms with Gasteiger partial charge in [0.2, 0.25) is 0 Å². The number of nitrogens with one attached hydrogen (secondary N) is 1. The first-order valence-electron chi connectivity index (χ1n) is 10.0. The number of thioether (sulfide) groups is 1.